The summed E-state index contributed by atoms with van der Waals surface area (Å²) in [6.07, 6.45) is 0. The van der Waals surface area contributed by atoms with Crippen molar-refractivity contribution in [2.45, 2.75) is 17.3 Å². The third kappa shape index (κ3) is 4.27. The van der Waals surface area contributed by atoms with E-state index in [1.54, 1.807) is 11.8 Å². The minimum Gasteiger partial charge on any atom is -0.379 e. The second kappa shape index (κ2) is 8.86. The Hall–Kier alpha value is -2.25. The topological polar surface area (TPSA) is 51.1 Å². The highest BCUT2D eigenvalue weighted by Gasteiger charge is 2.15. The monoisotopic (exact) mass is 436 g/mol. The lowest BCUT2D eigenvalue weighted by atomic mass is 10.2. The van der Waals surface area contributed by atoms with Gasteiger partial charge in [0, 0.05) is 35.2 Å². The molecule has 4 aromatic rings. The highest BCUT2D eigenvalue weighted by atomic mass is 35.5. The number of halogens is 1. The maximum absolute atomic E-state index is 6.47. The number of aromatic nitrogens is 3. The number of para-hydroxylation sites is 2. The molecular formula is C23H21ClN4OS. The van der Waals surface area contributed by atoms with Gasteiger partial charge in [-0.05, 0) is 18.2 Å². The molecule has 152 valence electrons. The number of morpholine rings is 1. The second-order valence-corrected chi connectivity index (χ2v) is 8.59. The molecule has 1 fully saturated rings. The average Bonchev–Trinajstić information content (AvgIpc) is 2.78. The van der Waals surface area contributed by atoms with Crippen molar-refractivity contribution in [1.82, 2.24) is 19.9 Å². The van der Waals surface area contributed by atoms with Crippen LogP contribution < -0.4 is 0 Å². The number of hydrogen-bond donors (Lipinski definition) is 0. The lowest BCUT2D eigenvalue weighted by Gasteiger charge is -2.25. The Balaban J connectivity index is 1.43. The van der Waals surface area contributed by atoms with E-state index in [0.717, 1.165) is 71.1 Å². The van der Waals surface area contributed by atoms with Gasteiger partial charge in [-0.15, -0.1) is 11.8 Å². The van der Waals surface area contributed by atoms with E-state index in [4.69, 9.17) is 26.3 Å². The number of nitrogens with zero attached hydrogens (tertiary/aromatic N) is 4. The molecule has 0 atom stereocenters. The van der Waals surface area contributed by atoms with Crippen molar-refractivity contribution < 1.29 is 4.74 Å². The van der Waals surface area contributed by atoms with Crippen LogP contribution in [0.2, 0.25) is 5.15 Å². The van der Waals surface area contributed by atoms with Gasteiger partial charge in [-0.2, -0.15) is 0 Å². The lowest BCUT2D eigenvalue weighted by molar-refractivity contribution is 0.0330. The smallest absolute Gasteiger partial charge is 0.144 e. The van der Waals surface area contributed by atoms with E-state index in [0.29, 0.717) is 10.9 Å². The van der Waals surface area contributed by atoms with Crippen molar-refractivity contribution in [2.75, 3.05) is 26.3 Å². The summed E-state index contributed by atoms with van der Waals surface area (Å²) >= 11 is 8.16. The molecule has 0 spiro atoms. The normalized spacial score (nSPS) is 15.1. The van der Waals surface area contributed by atoms with E-state index in [1.165, 1.54) is 0 Å². The molecule has 5 nitrogen and oxygen atoms in total. The molecule has 1 aliphatic rings. The Morgan fingerprint density at radius 2 is 1.70 bits per heavy atom. The first kappa shape index (κ1) is 19.7. The third-order valence-corrected chi connectivity index (χ3v) is 6.57. The molecule has 0 unspecified atom stereocenters. The first-order valence-electron chi connectivity index (χ1n) is 9.99. The van der Waals surface area contributed by atoms with Gasteiger partial charge in [-0.25, -0.2) is 15.0 Å². The van der Waals surface area contributed by atoms with Crippen LogP contribution in [0.5, 0.6) is 0 Å². The van der Waals surface area contributed by atoms with E-state index in [2.05, 4.69) is 34.1 Å². The zero-order chi connectivity index (χ0) is 20.3. The van der Waals surface area contributed by atoms with E-state index < -0.39 is 0 Å². The van der Waals surface area contributed by atoms with Crippen molar-refractivity contribution >= 4 is 45.2 Å². The molecule has 0 aliphatic carbocycles. The Morgan fingerprint density at radius 1 is 0.933 bits per heavy atom. The zero-order valence-electron chi connectivity index (χ0n) is 16.4. The van der Waals surface area contributed by atoms with Crippen LogP contribution in [0.4, 0.5) is 0 Å². The summed E-state index contributed by atoms with van der Waals surface area (Å²) in [6, 6.07) is 18.3. The van der Waals surface area contributed by atoms with Crippen molar-refractivity contribution in [3.63, 3.8) is 0 Å². The number of pyridine rings is 1. The quantitative estimate of drug-likeness (QED) is 0.250. The van der Waals surface area contributed by atoms with Crippen LogP contribution in [-0.2, 0) is 17.0 Å². The van der Waals surface area contributed by atoms with Crippen molar-refractivity contribution in [2.24, 2.45) is 0 Å². The fraction of sp³-hybridized carbons (Fsp3) is 0.261. The van der Waals surface area contributed by atoms with Gasteiger partial charge in [-0.3, -0.25) is 4.90 Å². The summed E-state index contributed by atoms with van der Waals surface area (Å²) in [5.41, 5.74) is 2.90. The highest BCUT2D eigenvalue weighted by Crippen LogP contribution is 2.31. The molecule has 30 heavy (non-hydrogen) atoms. The lowest BCUT2D eigenvalue weighted by Crippen LogP contribution is -2.36. The van der Waals surface area contributed by atoms with Crippen LogP contribution in [0.3, 0.4) is 0 Å². The fourth-order valence-electron chi connectivity index (χ4n) is 3.62. The summed E-state index contributed by atoms with van der Waals surface area (Å²) in [6.45, 7) is 4.10. The summed E-state index contributed by atoms with van der Waals surface area (Å²) in [5.74, 6) is 1.55. The molecule has 2 aromatic heterocycles. The Labute approximate surface area is 184 Å². The van der Waals surface area contributed by atoms with Gasteiger partial charge in [-0.1, -0.05) is 48.0 Å². The molecule has 7 heteroatoms. The standard InChI is InChI=1S/C23H21ClN4OS/c24-22-17(13-16-5-1-3-7-19(16)26-22)15-30-23-18-6-2-4-8-20(18)25-21(27-23)14-28-9-11-29-12-10-28/h1-8,13H,9-12,14-15H2. The molecule has 1 saturated heterocycles. The highest BCUT2D eigenvalue weighted by molar-refractivity contribution is 7.98. The van der Waals surface area contributed by atoms with Crippen LogP contribution in [0, 0.1) is 0 Å². The summed E-state index contributed by atoms with van der Waals surface area (Å²) in [5, 5.41) is 3.69. The maximum Gasteiger partial charge on any atom is 0.144 e. The van der Waals surface area contributed by atoms with Gasteiger partial charge in [0.2, 0.25) is 0 Å². The molecule has 3 heterocycles. The number of hydrogen-bond acceptors (Lipinski definition) is 6. The zero-order valence-corrected chi connectivity index (χ0v) is 18.0. The average molecular weight is 437 g/mol. The SMILES string of the molecule is Clc1nc2ccccc2cc1CSc1nc(CN2CCOCC2)nc2ccccc12. The molecule has 0 saturated carbocycles. The van der Waals surface area contributed by atoms with Gasteiger partial charge in [0.1, 0.15) is 16.0 Å². The van der Waals surface area contributed by atoms with Crippen LogP contribution in [0.1, 0.15) is 11.4 Å². The minimum absolute atomic E-state index is 0.549. The first-order valence-corrected chi connectivity index (χ1v) is 11.4. The van der Waals surface area contributed by atoms with E-state index in [1.807, 2.05) is 30.3 Å². The van der Waals surface area contributed by atoms with Gasteiger partial charge < -0.3 is 4.74 Å². The summed E-state index contributed by atoms with van der Waals surface area (Å²) < 4.78 is 5.46. The molecule has 1 aliphatic heterocycles. The largest absolute Gasteiger partial charge is 0.379 e. The molecule has 0 N–H and O–H groups in total. The van der Waals surface area contributed by atoms with E-state index >= 15 is 0 Å². The number of fused-ring (bicyclic) bond motifs is 2. The molecule has 0 amide bonds. The first-order chi connectivity index (χ1) is 14.8. The van der Waals surface area contributed by atoms with Gasteiger partial charge in [0.15, 0.2) is 0 Å². The number of benzene rings is 2. The molecule has 0 bridgehead atoms. The molecule has 2 aromatic carbocycles. The predicted molar refractivity (Wildman–Crippen MR) is 122 cm³/mol. The Morgan fingerprint density at radius 3 is 2.57 bits per heavy atom. The third-order valence-electron chi connectivity index (χ3n) is 5.20. The summed E-state index contributed by atoms with van der Waals surface area (Å²) in [4.78, 5) is 16.6. The van der Waals surface area contributed by atoms with E-state index in [9.17, 15) is 0 Å². The van der Waals surface area contributed by atoms with Crippen LogP contribution in [0.25, 0.3) is 21.8 Å². The number of ether oxygens (including phenoxy) is 1. The van der Waals surface area contributed by atoms with Gasteiger partial charge in [0.05, 0.1) is 30.8 Å². The van der Waals surface area contributed by atoms with Crippen LogP contribution in [0.15, 0.2) is 59.6 Å². The van der Waals surface area contributed by atoms with Crippen molar-refractivity contribution in [1.29, 1.82) is 0 Å². The van der Waals surface area contributed by atoms with Gasteiger partial charge in [0.25, 0.3) is 0 Å². The minimum atomic E-state index is 0.549. The van der Waals surface area contributed by atoms with E-state index in [-0.39, 0.29) is 0 Å². The second-order valence-electron chi connectivity index (χ2n) is 7.27. The van der Waals surface area contributed by atoms with Gasteiger partial charge >= 0.3 is 0 Å². The maximum atomic E-state index is 6.47. The van der Waals surface area contributed by atoms with Crippen molar-refractivity contribution in [3.05, 3.63) is 71.1 Å². The molecule has 0 radical (unpaired) electrons. The Kier molecular flexibility index (Phi) is 5.82. The summed E-state index contributed by atoms with van der Waals surface area (Å²) in [7, 11) is 0. The number of rotatable bonds is 5. The van der Waals surface area contributed by atoms with Crippen molar-refractivity contribution in [3.8, 4) is 0 Å². The molecular weight excluding hydrogens is 416 g/mol. The predicted octanol–water partition coefficient (Wildman–Crippen LogP) is 4.96. The Bertz CT molecular complexity index is 1200. The fourth-order valence-corrected chi connectivity index (χ4v) is 4.92. The van der Waals surface area contributed by atoms with Crippen LogP contribution in [-0.4, -0.2) is 46.2 Å². The molecule has 5 rings (SSSR count). The van der Waals surface area contributed by atoms with Crippen LogP contribution >= 0.6 is 23.4 Å². The number of thioether (sulfide) groups is 1.